The molecule has 0 saturated heterocycles. The van der Waals surface area contributed by atoms with Gasteiger partial charge in [0.25, 0.3) is 0 Å². The lowest BCUT2D eigenvalue weighted by Crippen LogP contribution is -2.18. The van der Waals surface area contributed by atoms with Gasteiger partial charge in [0.15, 0.2) is 11.6 Å². The monoisotopic (exact) mass is 1810 g/mol. The molecule has 0 atom stereocenters. The highest BCUT2D eigenvalue weighted by Crippen LogP contribution is 2.43. The van der Waals surface area contributed by atoms with Gasteiger partial charge in [0.05, 0.1) is 33.6 Å². The van der Waals surface area contributed by atoms with Crippen LogP contribution in [0.25, 0.3) is 170 Å². The molecule has 8 nitrogen and oxygen atoms in total. The van der Waals surface area contributed by atoms with Crippen LogP contribution in [0.1, 0.15) is 159 Å². The van der Waals surface area contributed by atoms with E-state index in [4.69, 9.17) is 29.9 Å². The van der Waals surface area contributed by atoms with Gasteiger partial charge < -0.3 is 4.57 Å². The first-order chi connectivity index (χ1) is 66.2. The quantitative estimate of drug-likeness (QED) is 0.150. The largest absolute Gasteiger partial charge is 0.309 e. The van der Waals surface area contributed by atoms with Gasteiger partial charge in [-0.3, -0.25) is 9.97 Å². The van der Waals surface area contributed by atoms with Gasteiger partial charge in [-0.15, -0.1) is 11.3 Å². The zero-order valence-corrected chi connectivity index (χ0v) is 83.6. The molecule has 9 heteroatoms. The van der Waals surface area contributed by atoms with E-state index in [2.05, 4.69) is 468 Å². The molecule has 138 heavy (non-hydrogen) atoms. The molecule has 6 aromatic heterocycles. The van der Waals surface area contributed by atoms with Crippen LogP contribution in [0, 0.1) is 0 Å². The molecular formula is C129H122N8S. The third kappa shape index (κ3) is 21.7. The number of pyridine rings is 2. The molecule has 6 heterocycles. The number of rotatable bonds is 8. The van der Waals surface area contributed by atoms with Gasteiger partial charge >= 0.3 is 0 Å². The van der Waals surface area contributed by atoms with Crippen molar-refractivity contribution in [2.24, 2.45) is 0 Å². The fraction of sp³-hybridized carbons (Fsp3) is 0.186. The lowest BCUT2D eigenvalue weighted by molar-refractivity contribution is 0.543. The number of nitrogens with zero attached hydrogens (tertiary/aromatic N) is 8. The van der Waals surface area contributed by atoms with E-state index in [9.17, 15) is 0 Å². The SMILES string of the molecule is CC(C)(C)c1cc(-c2ccccc2)cc(-c2ccccc2)n1.CC(C)(C)c1ccc(-c2ccccc2)c2ccccc12.CC(C)(C)c1ccc(-c2ccccn2)cc1.CC(C)(C)c1ccc2c(c1)c1ccccc1n2-c1ccc2ccccc2c1.CC(C)(C)c1nc(-c2ccc3ccccc3c2)c2ccccc2n1.CC(C)(C)c1nc(-c2ccccc2)nc(-c2cccc3c2sc2ccccc23)n1. The Morgan fingerprint density at radius 1 is 0.239 bits per heavy atom. The van der Waals surface area contributed by atoms with E-state index in [1.807, 2.05) is 79.0 Å². The Kier molecular flexibility index (Phi) is 27.5. The Labute approximate surface area is 818 Å². The summed E-state index contributed by atoms with van der Waals surface area (Å²) in [5.74, 6) is 3.14. The molecule has 0 aliphatic rings. The van der Waals surface area contributed by atoms with Gasteiger partial charge in [0, 0.05) is 98.0 Å². The average Bonchev–Trinajstić information content (AvgIpc) is 1.58. The Morgan fingerprint density at radius 3 is 1.36 bits per heavy atom. The van der Waals surface area contributed by atoms with Crippen molar-refractivity contribution in [3.63, 3.8) is 0 Å². The third-order valence-electron chi connectivity index (χ3n) is 25.1. The van der Waals surface area contributed by atoms with E-state index in [1.165, 1.54) is 124 Å². The first-order valence-electron chi connectivity index (χ1n) is 48.0. The fourth-order valence-electron chi connectivity index (χ4n) is 17.4. The molecule has 0 spiro atoms. The second-order valence-electron chi connectivity index (χ2n) is 41.8. The molecular weight excluding hydrogens is 1690 g/mol. The van der Waals surface area contributed by atoms with Crippen molar-refractivity contribution in [1.29, 1.82) is 0 Å². The smallest absolute Gasteiger partial charge is 0.165 e. The van der Waals surface area contributed by atoms with Crippen molar-refractivity contribution >= 4 is 96.5 Å². The van der Waals surface area contributed by atoms with Crippen molar-refractivity contribution in [2.45, 2.75) is 157 Å². The third-order valence-corrected chi connectivity index (χ3v) is 26.3. The highest BCUT2D eigenvalue weighted by molar-refractivity contribution is 7.26. The lowest BCUT2D eigenvalue weighted by atomic mass is 9.82. The highest BCUT2D eigenvalue weighted by Gasteiger charge is 2.27. The predicted molar refractivity (Wildman–Crippen MR) is 591 cm³/mol. The van der Waals surface area contributed by atoms with Crippen molar-refractivity contribution in [1.82, 2.24) is 39.5 Å². The van der Waals surface area contributed by atoms with E-state index in [1.54, 1.807) is 11.3 Å². The fourth-order valence-corrected chi connectivity index (χ4v) is 18.7. The normalized spacial score (nSPS) is 11.8. The van der Waals surface area contributed by atoms with Crippen LogP contribution in [-0.4, -0.2) is 39.5 Å². The molecule has 0 bridgehead atoms. The topological polar surface area (TPSA) is 95.2 Å². The Bertz CT molecular complexity index is 7960. The van der Waals surface area contributed by atoms with Crippen molar-refractivity contribution in [2.75, 3.05) is 0 Å². The molecule has 0 unspecified atom stereocenters. The van der Waals surface area contributed by atoms with Crippen molar-refractivity contribution in [3.05, 3.63) is 447 Å². The Morgan fingerprint density at radius 2 is 0.739 bits per heavy atom. The Balaban J connectivity index is 0.000000116. The summed E-state index contributed by atoms with van der Waals surface area (Å²) in [5, 5.41) is 14.0. The van der Waals surface area contributed by atoms with E-state index >= 15 is 0 Å². The second-order valence-corrected chi connectivity index (χ2v) is 42.8. The van der Waals surface area contributed by atoms with Crippen LogP contribution in [0.5, 0.6) is 0 Å². The predicted octanol–water partition coefficient (Wildman–Crippen LogP) is 35.4. The molecule has 0 fully saturated rings. The molecule has 22 rings (SSSR count). The van der Waals surface area contributed by atoms with Crippen LogP contribution < -0.4 is 0 Å². The minimum absolute atomic E-state index is 0.0221. The number of hydrogen-bond donors (Lipinski definition) is 0. The summed E-state index contributed by atoms with van der Waals surface area (Å²) < 4.78 is 4.89. The van der Waals surface area contributed by atoms with Gasteiger partial charge in [-0.05, 0) is 166 Å². The van der Waals surface area contributed by atoms with E-state index in [0.29, 0.717) is 0 Å². The first-order valence-corrected chi connectivity index (χ1v) is 48.8. The highest BCUT2D eigenvalue weighted by atomic mass is 32.1. The molecule has 0 aliphatic heterocycles. The molecule has 684 valence electrons. The maximum absolute atomic E-state index is 4.94. The van der Waals surface area contributed by atoms with Crippen molar-refractivity contribution in [3.8, 4) is 84.5 Å². The molecule has 16 aromatic carbocycles. The van der Waals surface area contributed by atoms with E-state index in [0.717, 1.165) is 79.2 Å². The summed E-state index contributed by atoms with van der Waals surface area (Å²) in [4.78, 5) is 33.6. The minimum Gasteiger partial charge on any atom is -0.309 e. The molecule has 0 saturated carbocycles. The maximum atomic E-state index is 4.94. The van der Waals surface area contributed by atoms with Crippen LogP contribution in [0.2, 0.25) is 0 Å². The standard InChI is InChI=1S/C26H23N.C25H21N3S.C22H20N2.C21H21N.C20H20.C15H17N/c1-26(2,3)20-13-15-25-23(17-20)22-10-6-7-11-24(22)27(25)21-14-12-18-8-4-5-9-19(18)16-21;1-25(2,3)24-27-22(16-10-5-4-6-11-16)26-23(28-24)19-14-9-13-18-17-12-7-8-15-20(17)29-21(18)19;1-22(2,3)21-23-19-11-7-6-10-18(19)20(24-21)17-13-12-15-8-4-5-9-16(15)14-17;1-21(2,3)20-15-18(16-10-6-4-7-11-16)14-19(22-20)17-12-8-5-9-13-17;1-20(2,3)19-14-13-16(15-9-5-4-6-10-15)17-11-7-8-12-18(17)19;1-15(2,3)13-9-7-12(8-10-13)14-6-4-5-11-16-14/h4-17H,1-3H3;4-15H,1-3H3;4-14H,1-3H3;4-15H,1-3H3;4-14H,1-3H3;4-11H,1-3H3. The number of thiophene rings is 1. The number of para-hydroxylation sites is 2. The number of benzene rings is 16. The van der Waals surface area contributed by atoms with Crippen LogP contribution >= 0.6 is 11.3 Å². The second kappa shape index (κ2) is 40.1. The zero-order valence-electron chi connectivity index (χ0n) is 82.7. The average molecular weight is 1820 g/mol. The minimum atomic E-state index is -0.171. The zero-order chi connectivity index (χ0) is 96.7. The molecule has 0 aliphatic carbocycles. The summed E-state index contributed by atoms with van der Waals surface area (Å²) in [7, 11) is 0. The van der Waals surface area contributed by atoms with Gasteiger partial charge in [-0.25, -0.2) is 24.9 Å². The van der Waals surface area contributed by atoms with Gasteiger partial charge in [-0.2, -0.15) is 0 Å². The molecule has 22 aromatic rings. The van der Waals surface area contributed by atoms with Crippen LogP contribution in [-0.2, 0) is 32.5 Å². The van der Waals surface area contributed by atoms with Gasteiger partial charge in [0.2, 0.25) is 0 Å². The molecule has 0 N–H and O–H groups in total. The van der Waals surface area contributed by atoms with Crippen LogP contribution in [0.3, 0.4) is 0 Å². The van der Waals surface area contributed by atoms with Crippen molar-refractivity contribution < 1.29 is 0 Å². The van der Waals surface area contributed by atoms with E-state index < -0.39 is 0 Å². The van der Waals surface area contributed by atoms with Gasteiger partial charge in [-0.1, -0.05) is 452 Å². The maximum Gasteiger partial charge on any atom is 0.165 e. The summed E-state index contributed by atoms with van der Waals surface area (Å²) in [6.45, 7) is 39.8. The van der Waals surface area contributed by atoms with E-state index in [-0.39, 0.29) is 32.5 Å². The Hall–Kier alpha value is -15.0. The summed E-state index contributed by atoms with van der Waals surface area (Å²) >= 11 is 1.80. The summed E-state index contributed by atoms with van der Waals surface area (Å²) in [6.07, 6.45) is 1.83. The van der Waals surface area contributed by atoms with Gasteiger partial charge in [0.1, 0.15) is 11.6 Å². The first kappa shape index (κ1) is 94.7. The number of fused-ring (bicyclic) bond motifs is 10. The summed E-state index contributed by atoms with van der Waals surface area (Å²) in [5.41, 5.74) is 23.9. The molecule has 0 radical (unpaired) electrons. The number of aromatic nitrogens is 8. The number of hydrogen-bond acceptors (Lipinski definition) is 8. The van der Waals surface area contributed by atoms with Crippen LogP contribution in [0.15, 0.2) is 413 Å². The molecule has 0 amide bonds. The summed E-state index contributed by atoms with van der Waals surface area (Å²) in [6, 6.07) is 143. The lowest BCUT2D eigenvalue weighted by Gasteiger charge is -2.22. The van der Waals surface area contributed by atoms with Crippen LogP contribution in [0.4, 0.5) is 0 Å².